The lowest BCUT2D eigenvalue weighted by Gasteiger charge is -2.26. The molecule has 2 aromatic carbocycles. The number of amides is 1. The number of aryl methyl sites for hydroxylation is 1. The summed E-state index contributed by atoms with van der Waals surface area (Å²) in [7, 11) is -3.95. The van der Waals surface area contributed by atoms with Crippen molar-refractivity contribution in [2.45, 2.75) is 42.7 Å². The van der Waals surface area contributed by atoms with Crippen molar-refractivity contribution < 1.29 is 17.6 Å². The normalized spacial score (nSPS) is 17.7. The van der Waals surface area contributed by atoms with Gasteiger partial charge < -0.3 is 9.32 Å². The molecular formula is C26H24ClN3O4S3. The number of hydrogen-bond donors (Lipinski definition) is 0. The van der Waals surface area contributed by atoms with Crippen LogP contribution in [0, 0.1) is 6.92 Å². The van der Waals surface area contributed by atoms with E-state index in [1.165, 1.54) is 11.0 Å². The Hall–Kier alpha value is -2.66. The number of hydrogen-bond acceptors (Lipinski definition) is 8. The lowest BCUT2D eigenvalue weighted by atomic mass is 10.1. The van der Waals surface area contributed by atoms with Crippen LogP contribution in [0.3, 0.4) is 0 Å². The zero-order chi connectivity index (χ0) is 26.2. The quantitative estimate of drug-likeness (QED) is 0.268. The summed E-state index contributed by atoms with van der Waals surface area (Å²) in [5.74, 6) is -0.0573. The SMILES string of the molecule is Cc1ccc(S(=O)(=O)c2nc(C=C3SC(=S)N(Cc4ccccc4Cl)C3=O)oc2N2CCCCC2)cc1. The largest absolute Gasteiger partial charge is 0.420 e. The van der Waals surface area contributed by atoms with Crippen molar-refractivity contribution >= 4 is 67.6 Å². The highest BCUT2D eigenvalue weighted by molar-refractivity contribution is 8.26. The van der Waals surface area contributed by atoms with Crippen molar-refractivity contribution in [2.24, 2.45) is 0 Å². The van der Waals surface area contributed by atoms with Crippen LogP contribution in [0.2, 0.25) is 5.02 Å². The maximum absolute atomic E-state index is 13.6. The predicted molar refractivity (Wildman–Crippen MR) is 149 cm³/mol. The smallest absolute Gasteiger partial charge is 0.266 e. The van der Waals surface area contributed by atoms with E-state index < -0.39 is 9.84 Å². The Kier molecular flexibility index (Phi) is 7.44. The Morgan fingerprint density at radius 3 is 2.51 bits per heavy atom. The summed E-state index contributed by atoms with van der Waals surface area (Å²) in [6.45, 7) is 3.47. The van der Waals surface area contributed by atoms with Crippen molar-refractivity contribution in [3.63, 3.8) is 0 Å². The molecule has 2 saturated heterocycles. The van der Waals surface area contributed by atoms with Gasteiger partial charge in [0, 0.05) is 24.2 Å². The van der Waals surface area contributed by atoms with Crippen LogP contribution in [-0.4, -0.2) is 41.6 Å². The molecule has 2 fully saturated rings. The molecule has 5 rings (SSSR count). The van der Waals surface area contributed by atoms with Crippen molar-refractivity contribution in [1.82, 2.24) is 9.88 Å². The highest BCUT2D eigenvalue weighted by atomic mass is 35.5. The molecule has 0 spiro atoms. The van der Waals surface area contributed by atoms with Crippen LogP contribution in [0.4, 0.5) is 5.88 Å². The number of piperidine rings is 1. The van der Waals surface area contributed by atoms with Crippen LogP contribution in [-0.2, 0) is 21.2 Å². The van der Waals surface area contributed by atoms with Crippen molar-refractivity contribution in [3.8, 4) is 0 Å². The fourth-order valence-electron chi connectivity index (χ4n) is 4.22. The number of oxazole rings is 1. The summed E-state index contributed by atoms with van der Waals surface area (Å²) in [5, 5.41) is 0.404. The van der Waals surface area contributed by atoms with Gasteiger partial charge in [-0.1, -0.05) is 71.5 Å². The summed E-state index contributed by atoms with van der Waals surface area (Å²) in [4.78, 5) is 21.4. The molecule has 2 aliphatic rings. The van der Waals surface area contributed by atoms with Gasteiger partial charge in [-0.25, -0.2) is 8.42 Å². The Morgan fingerprint density at radius 2 is 1.81 bits per heavy atom. The molecule has 1 aromatic heterocycles. The molecule has 1 amide bonds. The third kappa shape index (κ3) is 5.34. The van der Waals surface area contributed by atoms with Crippen LogP contribution >= 0.6 is 35.6 Å². The van der Waals surface area contributed by atoms with Gasteiger partial charge in [-0.2, -0.15) is 4.98 Å². The summed E-state index contributed by atoms with van der Waals surface area (Å²) in [5.41, 5.74) is 1.73. The first-order valence-electron chi connectivity index (χ1n) is 11.8. The van der Waals surface area contributed by atoms with E-state index in [1.807, 2.05) is 30.0 Å². The van der Waals surface area contributed by atoms with Crippen LogP contribution in [0.5, 0.6) is 0 Å². The lowest BCUT2D eigenvalue weighted by molar-refractivity contribution is -0.122. The van der Waals surface area contributed by atoms with Crippen LogP contribution < -0.4 is 4.90 Å². The number of aromatic nitrogens is 1. The van der Waals surface area contributed by atoms with Crippen molar-refractivity contribution in [3.05, 3.63) is 75.5 Å². The van der Waals surface area contributed by atoms with Gasteiger partial charge in [-0.05, 0) is 49.9 Å². The second-order valence-electron chi connectivity index (χ2n) is 8.89. The summed E-state index contributed by atoms with van der Waals surface area (Å²) in [6.07, 6.45) is 4.40. The van der Waals surface area contributed by atoms with E-state index in [0.29, 0.717) is 27.3 Å². The van der Waals surface area contributed by atoms with E-state index in [4.69, 9.17) is 28.2 Å². The molecule has 0 radical (unpaired) electrons. The summed E-state index contributed by atoms with van der Waals surface area (Å²) in [6, 6.07) is 13.9. The number of benzene rings is 2. The molecule has 0 N–H and O–H groups in total. The number of nitrogens with zero attached hydrogens (tertiary/aromatic N) is 3. The Bertz CT molecular complexity index is 1490. The topological polar surface area (TPSA) is 83.7 Å². The van der Waals surface area contributed by atoms with Crippen molar-refractivity contribution in [2.75, 3.05) is 18.0 Å². The van der Waals surface area contributed by atoms with Gasteiger partial charge in [0.15, 0.2) is 0 Å². The summed E-state index contributed by atoms with van der Waals surface area (Å²) >= 11 is 12.8. The standard InChI is InChI=1S/C26H24ClN3O4S3/c1-17-9-11-19(12-10-17)37(32,33)23-25(29-13-5-2-6-14-29)34-22(28-23)15-21-24(31)30(26(35)36-21)16-18-7-3-4-8-20(18)27/h3-4,7-12,15H,2,5-6,13-14,16H2,1H3. The van der Waals surface area contributed by atoms with E-state index in [1.54, 1.807) is 30.3 Å². The lowest BCUT2D eigenvalue weighted by Crippen LogP contribution is -2.30. The van der Waals surface area contributed by atoms with Gasteiger partial charge in [0.25, 0.3) is 5.91 Å². The molecule has 0 bridgehead atoms. The molecule has 3 heterocycles. The third-order valence-electron chi connectivity index (χ3n) is 6.24. The Morgan fingerprint density at radius 1 is 1.11 bits per heavy atom. The van der Waals surface area contributed by atoms with E-state index >= 15 is 0 Å². The van der Waals surface area contributed by atoms with E-state index in [2.05, 4.69) is 4.98 Å². The highest BCUT2D eigenvalue weighted by Gasteiger charge is 2.35. The molecule has 2 aliphatic heterocycles. The van der Waals surface area contributed by atoms with Gasteiger partial charge in [0.2, 0.25) is 26.6 Å². The van der Waals surface area contributed by atoms with Crippen LogP contribution in [0.15, 0.2) is 67.8 Å². The molecular weight excluding hydrogens is 550 g/mol. The number of sulfone groups is 1. The molecule has 0 aliphatic carbocycles. The van der Waals surface area contributed by atoms with Crippen LogP contribution in [0.1, 0.15) is 36.3 Å². The van der Waals surface area contributed by atoms with Gasteiger partial charge in [0.1, 0.15) is 4.32 Å². The summed E-state index contributed by atoms with van der Waals surface area (Å²) < 4.78 is 33.6. The zero-order valence-corrected chi connectivity index (χ0v) is 23.2. The maximum atomic E-state index is 13.6. The van der Waals surface area contributed by atoms with Crippen molar-refractivity contribution in [1.29, 1.82) is 0 Å². The highest BCUT2D eigenvalue weighted by Crippen LogP contribution is 2.37. The predicted octanol–water partition coefficient (Wildman–Crippen LogP) is 5.86. The average molecular weight is 574 g/mol. The van der Waals surface area contributed by atoms with E-state index in [-0.39, 0.29) is 34.1 Å². The number of carbonyl (C=O) groups is 1. The van der Waals surface area contributed by atoms with Gasteiger partial charge in [-0.3, -0.25) is 9.69 Å². The second kappa shape index (κ2) is 10.6. The minimum Gasteiger partial charge on any atom is -0.420 e. The number of thiocarbonyl (C=S) groups is 1. The molecule has 37 heavy (non-hydrogen) atoms. The minimum absolute atomic E-state index is 0.0458. The molecule has 11 heteroatoms. The number of halogens is 1. The molecule has 0 atom stereocenters. The molecule has 0 unspecified atom stereocenters. The molecule has 0 saturated carbocycles. The Labute approximate surface area is 230 Å². The number of carbonyl (C=O) groups excluding carboxylic acids is 1. The average Bonchev–Trinajstić information content (AvgIpc) is 3.43. The zero-order valence-electron chi connectivity index (χ0n) is 20.0. The first kappa shape index (κ1) is 26.0. The number of thioether (sulfide) groups is 1. The molecule has 192 valence electrons. The first-order chi connectivity index (χ1) is 17.7. The monoisotopic (exact) mass is 573 g/mol. The number of anilines is 1. The third-order valence-corrected chi connectivity index (χ3v) is 9.65. The van der Waals surface area contributed by atoms with Gasteiger partial charge >= 0.3 is 0 Å². The minimum atomic E-state index is -3.95. The Balaban J connectivity index is 1.50. The fourth-order valence-corrected chi connectivity index (χ4v) is 6.97. The second-order valence-corrected chi connectivity index (χ2v) is 12.8. The number of rotatable bonds is 6. The van der Waals surface area contributed by atoms with Gasteiger partial charge in [-0.15, -0.1) is 0 Å². The van der Waals surface area contributed by atoms with E-state index in [9.17, 15) is 13.2 Å². The van der Waals surface area contributed by atoms with Crippen LogP contribution in [0.25, 0.3) is 6.08 Å². The van der Waals surface area contributed by atoms with Gasteiger partial charge in [0.05, 0.1) is 16.3 Å². The molecule has 7 nitrogen and oxygen atoms in total. The molecule has 3 aromatic rings. The first-order valence-corrected chi connectivity index (χ1v) is 14.9. The maximum Gasteiger partial charge on any atom is 0.266 e. The fraction of sp³-hybridized carbons (Fsp3) is 0.269. The van der Waals surface area contributed by atoms with E-state index in [0.717, 1.165) is 42.2 Å².